The van der Waals surface area contributed by atoms with Gasteiger partial charge >= 0.3 is 13.6 Å². The van der Waals surface area contributed by atoms with Crippen LogP contribution in [0.15, 0.2) is 25.3 Å². The molecule has 0 aromatic rings. The van der Waals surface area contributed by atoms with E-state index in [-0.39, 0.29) is 25.8 Å². The van der Waals surface area contributed by atoms with Gasteiger partial charge in [0, 0.05) is 0 Å². The Kier molecular flexibility index (Phi) is 6.96. The van der Waals surface area contributed by atoms with Gasteiger partial charge in [-0.15, -0.1) is 13.2 Å². The molecule has 0 aliphatic carbocycles. The highest BCUT2D eigenvalue weighted by atomic mass is 31.2. The van der Waals surface area contributed by atoms with Crippen molar-refractivity contribution in [3.8, 4) is 0 Å². The molecule has 0 aromatic heterocycles. The molecule has 5 nitrogen and oxygen atoms in total. The predicted octanol–water partition coefficient (Wildman–Crippen LogP) is 2.06. The average Bonchev–Trinajstić information content (AvgIpc) is 2.21. The molecule has 0 aliphatic heterocycles. The Hall–Kier alpha value is -0.900. The maximum absolute atomic E-state index is 11.8. The highest BCUT2D eigenvalue weighted by molar-refractivity contribution is 7.53. The highest BCUT2D eigenvalue weighted by Crippen LogP contribution is 2.48. The number of rotatable bonds is 9. The van der Waals surface area contributed by atoms with E-state index in [1.54, 1.807) is 0 Å². The molecule has 0 aromatic carbocycles. The Bertz CT molecular complexity index is 258. The summed E-state index contributed by atoms with van der Waals surface area (Å²) in [7, 11) is -3.33. The van der Waals surface area contributed by atoms with Gasteiger partial charge in [-0.2, -0.15) is 0 Å². The standard InChI is InChI=1S/C9H15O5P/c1-3-6-13-15(12,14-7-4-2)8-5-9(10)11/h3-4H,1-2,5-8H2,(H,10,11). The fourth-order valence-electron chi connectivity index (χ4n) is 0.731. The van der Waals surface area contributed by atoms with Gasteiger partial charge in [0.1, 0.15) is 0 Å². The van der Waals surface area contributed by atoms with Crippen molar-refractivity contribution in [3.05, 3.63) is 25.3 Å². The molecule has 0 aliphatic rings. The zero-order chi connectivity index (χ0) is 11.7. The average molecular weight is 234 g/mol. The van der Waals surface area contributed by atoms with Crippen molar-refractivity contribution >= 4 is 13.6 Å². The van der Waals surface area contributed by atoms with E-state index in [9.17, 15) is 9.36 Å². The van der Waals surface area contributed by atoms with E-state index in [1.807, 2.05) is 0 Å². The summed E-state index contributed by atoms with van der Waals surface area (Å²) in [5, 5.41) is 8.46. The SMILES string of the molecule is C=CCOP(=O)(CCC(=O)O)OCC=C. The van der Waals surface area contributed by atoms with E-state index < -0.39 is 13.6 Å². The first-order valence-corrected chi connectivity index (χ1v) is 6.08. The van der Waals surface area contributed by atoms with Crippen LogP contribution in [0.3, 0.4) is 0 Å². The van der Waals surface area contributed by atoms with E-state index in [0.29, 0.717) is 0 Å². The van der Waals surface area contributed by atoms with E-state index in [4.69, 9.17) is 14.2 Å². The summed E-state index contributed by atoms with van der Waals surface area (Å²) in [6, 6.07) is 0. The summed E-state index contributed by atoms with van der Waals surface area (Å²) in [6.07, 6.45) is 2.44. The third kappa shape index (κ3) is 7.08. The van der Waals surface area contributed by atoms with Crippen molar-refractivity contribution < 1.29 is 23.5 Å². The topological polar surface area (TPSA) is 72.8 Å². The lowest BCUT2D eigenvalue weighted by Crippen LogP contribution is -2.05. The molecule has 86 valence electrons. The first-order chi connectivity index (χ1) is 7.04. The van der Waals surface area contributed by atoms with Crippen LogP contribution in [-0.2, 0) is 18.4 Å². The minimum atomic E-state index is -3.33. The van der Waals surface area contributed by atoms with Gasteiger partial charge in [-0.1, -0.05) is 12.2 Å². The maximum atomic E-state index is 11.8. The van der Waals surface area contributed by atoms with Crippen LogP contribution in [0, 0.1) is 0 Å². The molecule has 0 saturated heterocycles. The molecule has 1 N–H and O–H groups in total. The van der Waals surface area contributed by atoms with E-state index in [1.165, 1.54) is 12.2 Å². The number of hydrogen-bond donors (Lipinski definition) is 1. The molecule has 0 bridgehead atoms. The van der Waals surface area contributed by atoms with Crippen LogP contribution in [0.25, 0.3) is 0 Å². The summed E-state index contributed by atoms with van der Waals surface area (Å²) in [4.78, 5) is 10.3. The van der Waals surface area contributed by atoms with Gasteiger partial charge in [0.15, 0.2) is 0 Å². The number of carboxylic acid groups (broad SMARTS) is 1. The normalized spacial score (nSPS) is 10.9. The molecule has 0 rings (SSSR count). The van der Waals surface area contributed by atoms with Crippen molar-refractivity contribution in [1.82, 2.24) is 0 Å². The summed E-state index contributed by atoms with van der Waals surface area (Å²) in [6.45, 7) is 6.93. The van der Waals surface area contributed by atoms with Crippen LogP contribution in [0.5, 0.6) is 0 Å². The molecular weight excluding hydrogens is 219 g/mol. The second-order valence-electron chi connectivity index (χ2n) is 2.65. The molecular formula is C9H15O5P. The van der Waals surface area contributed by atoms with Gasteiger partial charge in [0.25, 0.3) is 0 Å². The largest absolute Gasteiger partial charge is 0.481 e. The molecule has 0 heterocycles. The third-order valence-electron chi connectivity index (χ3n) is 1.38. The number of carbonyl (C=O) groups is 1. The number of aliphatic carboxylic acids is 1. The minimum Gasteiger partial charge on any atom is -0.481 e. The lowest BCUT2D eigenvalue weighted by atomic mass is 10.5. The molecule has 6 heteroatoms. The van der Waals surface area contributed by atoms with Crippen LogP contribution >= 0.6 is 7.60 Å². The van der Waals surface area contributed by atoms with Gasteiger partial charge in [-0.3, -0.25) is 9.36 Å². The molecule has 0 amide bonds. The minimum absolute atomic E-state index is 0.0635. The second kappa shape index (κ2) is 7.40. The van der Waals surface area contributed by atoms with Crippen LogP contribution in [0.2, 0.25) is 0 Å². The van der Waals surface area contributed by atoms with Crippen molar-refractivity contribution in [3.63, 3.8) is 0 Å². The van der Waals surface area contributed by atoms with Crippen molar-refractivity contribution in [2.24, 2.45) is 0 Å². The fraction of sp³-hybridized carbons (Fsp3) is 0.444. The zero-order valence-corrected chi connectivity index (χ0v) is 9.32. The Morgan fingerprint density at radius 1 is 1.27 bits per heavy atom. The smallest absolute Gasteiger partial charge is 0.331 e. The van der Waals surface area contributed by atoms with Gasteiger partial charge in [0.2, 0.25) is 0 Å². The Balaban J connectivity index is 4.25. The summed E-state index contributed by atoms with van der Waals surface area (Å²) in [5.74, 6) is -1.04. The van der Waals surface area contributed by atoms with Gasteiger partial charge in [0.05, 0.1) is 25.8 Å². The second-order valence-corrected chi connectivity index (χ2v) is 4.83. The Labute approximate surface area is 88.9 Å². The van der Waals surface area contributed by atoms with Gasteiger partial charge in [-0.25, -0.2) is 0 Å². The van der Waals surface area contributed by atoms with Crippen molar-refractivity contribution in [2.75, 3.05) is 19.4 Å². The molecule has 0 radical (unpaired) electrons. The molecule has 15 heavy (non-hydrogen) atoms. The molecule has 0 spiro atoms. The molecule has 0 atom stereocenters. The monoisotopic (exact) mass is 234 g/mol. The molecule has 0 unspecified atom stereocenters. The van der Waals surface area contributed by atoms with Crippen LogP contribution in [-0.4, -0.2) is 30.5 Å². The maximum Gasteiger partial charge on any atom is 0.331 e. The highest BCUT2D eigenvalue weighted by Gasteiger charge is 2.24. The van der Waals surface area contributed by atoms with E-state index in [0.717, 1.165) is 0 Å². The fourth-order valence-corrected chi connectivity index (χ4v) is 2.19. The quantitative estimate of drug-likeness (QED) is 0.488. The summed E-state index contributed by atoms with van der Waals surface area (Å²) >= 11 is 0. The van der Waals surface area contributed by atoms with Crippen molar-refractivity contribution in [1.29, 1.82) is 0 Å². The van der Waals surface area contributed by atoms with Gasteiger partial charge < -0.3 is 14.2 Å². The number of hydrogen-bond acceptors (Lipinski definition) is 4. The number of carboxylic acids is 1. The van der Waals surface area contributed by atoms with Gasteiger partial charge in [-0.05, 0) is 0 Å². The first-order valence-electron chi connectivity index (χ1n) is 4.36. The Morgan fingerprint density at radius 3 is 2.07 bits per heavy atom. The van der Waals surface area contributed by atoms with E-state index >= 15 is 0 Å². The molecule has 0 fully saturated rings. The van der Waals surface area contributed by atoms with Crippen LogP contribution < -0.4 is 0 Å². The van der Waals surface area contributed by atoms with Crippen LogP contribution in [0.4, 0.5) is 0 Å². The lowest BCUT2D eigenvalue weighted by molar-refractivity contribution is -0.136. The van der Waals surface area contributed by atoms with E-state index in [2.05, 4.69) is 13.2 Å². The van der Waals surface area contributed by atoms with Crippen molar-refractivity contribution in [2.45, 2.75) is 6.42 Å². The lowest BCUT2D eigenvalue weighted by Gasteiger charge is -2.15. The summed E-state index contributed by atoms with van der Waals surface area (Å²) in [5.41, 5.74) is 0. The molecule has 0 saturated carbocycles. The zero-order valence-electron chi connectivity index (χ0n) is 8.42. The third-order valence-corrected chi connectivity index (χ3v) is 3.23. The Morgan fingerprint density at radius 2 is 1.73 bits per heavy atom. The predicted molar refractivity (Wildman–Crippen MR) is 57.0 cm³/mol. The van der Waals surface area contributed by atoms with Crippen LogP contribution in [0.1, 0.15) is 6.42 Å². The first kappa shape index (κ1) is 14.1. The summed E-state index contributed by atoms with van der Waals surface area (Å²) < 4.78 is 21.7.